The molecule has 0 aliphatic carbocycles. The van der Waals surface area contributed by atoms with Crippen LogP contribution in [0.1, 0.15) is 73.1 Å². The molecule has 0 spiro atoms. The Labute approximate surface area is 176 Å². The van der Waals surface area contributed by atoms with Gasteiger partial charge in [0.25, 0.3) is 0 Å². The summed E-state index contributed by atoms with van der Waals surface area (Å²) < 4.78 is 4.88. The zero-order valence-corrected chi connectivity index (χ0v) is 18.8. The van der Waals surface area contributed by atoms with Gasteiger partial charge in [-0.25, -0.2) is 4.79 Å². The Morgan fingerprint density at radius 1 is 0.793 bits per heavy atom. The van der Waals surface area contributed by atoms with Gasteiger partial charge in [-0.1, -0.05) is 40.5 Å². The summed E-state index contributed by atoms with van der Waals surface area (Å²) in [5, 5.41) is 27.4. The van der Waals surface area contributed by atoms with Crippen LogP contribution < -0.4 is 0 Å². The topological polar surface area (TPSA) is 87.0 Å². The summed E-state index contributed by atoms with van der Waals surface area (Å²) in [6, 6.07) is 0. The van der Waals surface area contributed by atoms with Crippen LogP contribution in [0.5, 0.6) is 0 Å². The first-order chi connectivity index (χ1) is 13.6. The van der Waals surface area contributed by atoms with E-state index in [4.69, 9.17) is 9.84 Å². The van der Waals surface area contributed by atoms with Crippen molar-refractivity contribution in [1.82, 2.24) is 0 Å². The van der Waals surface area contributed by atoms with Crippen molar-refractivity contribution in [2.24, 2.45) is 0 Å². The average molecular weight is 409 g/mol. The standard InChI is InChI=1S/C24H40O5/c1-18(2)9-6-10-19(3)11-7-12-20(4)13-8-14-21(5)15-24(28)29-17-23(27)22(26)16-25/h9,11,13,15,22-23,25-27H,6-8,10,12,14,16-17H2,1-5H3/b19-11+,20-13+,21-15+/t22-,23+/m1/s1. The fourth-order valence-corrected chi connectivity index (χ4v) is 2.60. The lowest BCUT2D eigenvalue weighted by Gasteiger charge is -2.14. The van der Waals surface area contributed by atoms with Crippen LogP contribution in [0, 0.1) is 0 Å². The van der Waals surface area contributed by atoms with Gasteiger partial charge < -0.3 is 20.1 Å². The monoisotopic (exact) mass is 408 g/mol. The highest BCUT2D eigenvalue weighted by molar-refractivity contribution is 5.82. The minimum Gasteiger partial charge on any atom is -0.460 e. The third-order valence-corrected chi connectivity index (χ3v) is 4.55. The molecule has 0 aromatic rings. The van der Waals surface area contributed by atoms with Crippen molar-refractivity contribution in [2.75, 3.05) is 13.2 Å². The van der Waals surface area contributed by atoms with E-state index in [9.17, 15) is 15.0 Å². The van der Waals surface area contributed by atoms with E-state index in [-0.39, 0.29) is 6.61 Å². The van der Waals surface area contributed by atoms with E-state index in [2.05, 4.69) is 45.9 Å². The maximum absolute atomic E-state index is 11.7. The number of carbonyl (C=O) groups excluding carboxylic acids is 1. The Morgan fingerprint density at radius 3 is 1.76 bits per heavy atom. The molecule has 0 amide bonds. The average Bonchev–Trinajstić information content (AvgIpc) is 2.65. The third kappa shape index (κ3) is 15.9. The van der Waals surface area contributed by atoms with Gasteiger partial charge in [0, 0.05) is 6.08 Å². The van der Waals surface area contributed by atoms with Crippen LogP contribution in [0.15, 0.2) is 46.6 Å². The second kappa shape index (κ2) is 16.1. The van der Waals surface area contributed by atoms with Crippen molar-refractivity contribution in [2.45, 2.75) is 85.4 Å². The van der Waals surface area contributed by atoms with Gasteiger partial charge in [-0.05, 0) is 73.1 Å². The maximum atomic E-state index is 11.7. The van der Waals surface area contributed by atoms with Crippen molar-refractivity contribution in [3.8, 4) is 0 Å². The third-order valence-electron chi connectivity index (χ3n) is 4.55. The molecule has 0 bridgehead atoms. The molecule has 0 aliphatic rings. The summed E-state index contributed by atoms with van der Waals surface area (Å²) >= 11 is 0. The Morgan fingerprint density at radius 2 is 1.28 bits per heavy atom. The Hall–Kier alpha value is -1.69. The predicted molar refractivity (Wildman–Crippen MR) is 118 cm³/mol. The van der Waals surface area contributed by atoms with Gasteiger partial charge in [0.1, 0.15) is 18.8 Å². The van der Waals surface area contributed by atoms with Gasteiger partial charge in [-0.3, -0.25) is 0 Å². The molecule has 0 aliphatic heterocycles. The molecule has 5 heteroatoms. The quantitative estimate of drug-likeness (QED) is 0.225. The highest BCUT2D eigenvalue weighted by Crippen LogP contribution is 2.13. The van der Waals surface area contributed by atoms with Crippen molar-refractivity contribution in [3.63, 3.8) is 0 Å². The van der Waals surface area contributed by atoms with Crippen molar-refractivity contribution in [1.29, 1.82) is 0 Å². The molecule has 0 saturated carbocycles. The van der Waals surface area contributed by atoms with Gasteiger partial charge in [0.2, 0.25) is 0 Å². The van der Waals surface area contributed by atoms with Gasteiger partial charge in [-0.15, -0.1) is 0 Å². The minimum absolute atomic E-state index is 0.343. The first kappa shape index (κ1) is 27.3. The Bertz CT molecular complexity index is 594. The number of carbonyl (C=O) groups is 1. The molecule has 3 N–H and O–H groups in total. The molecule has 0 aromatic carbocycles. The fourth-order valence-electron chi connectivity index (χ4n) is 2.60. The van der Waals surface area contributed by atoms with Crippen LogP contribution in [-0.4, -0.2) is 46.7 Å². The molecule has 2 atom stereocenters. The van der Waals surface area contributed by atoms with E-state index in [1.165, 1.54) is 22.8 Å². The minimum atomic E-state index is -1.31. The summed E-state index contributed by atoms with van der Waals surface area (Å²) in [6.45, 7) is 9.52. The number of ether oxygens (including phenoxy) is 1. The highest BCUT2D eigenvalue weighted by Gasteiger charge is 2.16. The second-order valence-electron chi connectivity index (χ2n) is 7.94. The lowest BCUT2D eigenvalue weighted by Crippen LogP contribution is -2.33. The van der Waals surface area contributed by atoms with Crippen LogP contribution in [-0.2, 0) is 9.53 Å². The number of hydrogen-bond donors (Lipinski definition) is 3. The summed E-state index contributed by atoms with van der Waals surface area (Å²) in [4.78, 5) is 11.7. The van der Waals surface area contributed by atoms with Crippen LogP contribution in [0.3, 0.4) is 0 Å². The number of aliphatic hydroxyl groups is 3. The molecule has 29 heavy (non-hydrogen) atoms. The van der Waals surface area contributed by atoms with E-state index in [0.29, 0.717) is 0 Å². The molecule has 0 rings (SSSR count). The molecule has 0 radical (unpaired) electrons. The maximum Gasteiger partial charge on any atom is 0.330 e. The first-order valence-corrected chi connectivity index (χ1v) is 10.4. The van der Waals surface area contributed by atoms with Crippen LogP contribution >= 0.6 is 0 Å². The fraction of sp³-hybridized carbons (Fsp3) is 0.625. The highest BCUT2D eigenvalue weighted by atomic mass is 16.5. The van der Waals surface area contributed by atoms with Crippen molar-refractivity contribution in [3.05, 3.63) is 46.6 Å². The second-order valence-corrected chi connectivity index (χ2v) is 7.94. The molecule has 0 heterocycles. The summed E-state index contributed by atoms with van der Waals surface area (Å²) in [6.07, 6.45) is 11.5. The molecule has 0 saturated heterocycles. The normalized spacial score (nSPS) is 15.1. The number of esters is 1. The predicted octanol–water partition coefficient (Wildman–Crippen LogP) is 4.39. The van der Waals surface area contributed by atoms with Gasteiger partial charge in [0.15, 0.2) is 0 Å². The smallest absolute Gasteiger partial charge is 0.330 e. The van der Waals surface area contributed by atoms with Gasteiger partial charge >= 0.3 is 5.97 Å². The molecular weight excluding hydrogens is 368 g/mol. The molecule has 5 nitrogen and oxygen atoms in total. The summed E-state index contributed by atoms with van der Waals surface area (Å²) in [5.41, 5.74) is 5.04. The van der Waals surface area contributed by atoms with Crippen LogP contribution in [0.2, 0.25) is 0 Å². The largest absolute Gasteiger partial charge is 0.460 e. The zero-order valence-electron chi connectivity index (χ0n) is 18.8. The molecule has 0 aromatic heterocycles. The van der Waals surface area contributed by atoms with Crippen LogP contribution in [0.4, 0.5) is 0 Å². The lowest BCUT2D eigenvalue weighted by atomic mass is 10.0. The molecule has 0 fully saturated rings. The van der Waals surface area contributed by atoms with Crippen molar-refractivity contribution < 1.29 is 24.9 Å². The van der Waals surface area contributed by atoms with E-state index < -0.39 is 24.8 Å². The number of rotatable bonds is 14. The van der Waals surface area contributed by atoms with E-state index in [1.807, 2.05) is 6.92 Å². The first-order valence-electron chi connectivity index (χ1n) is 10.4. The molecule has 0 unspecified atom stereocenters. The number of hydrogen-bond acceptors (Lipinski definition) is 5. The Balaban J connectivity index is 4.17. The summed E-state index contributed by atoms with van der Waals surface area (Å²) in [7, 11) is 0. The molecular formula is C24H40O5. The molecule has 166 valence electrons. The summed E-state index contributed by atoms with van der Waals surface area (Å²) in [5.74, 6) is -0.555. The number of allylic oxidation sites excluding steroid dienone is 7. The number of aliphatic hydroxyl groups excluding tert-OH is 3. The van der Waals surface area contributed by atoms with Gasteiger partial charge in [-0.2, -0.15) is 0 Å². The Kier molecular flexibility index (Phi) is 15.2. The van der Waals surface area contributed by atoms with Crippen molar-refractivity contribution >= 4 is 5.97 Å². The van der Waals surface area contributed by atoms with Crippen LogP contribution in [0.25, 0.3) is 0 Å². The van der Waals surface area contributed by atoms with E-state index >= 15 is 0 Å². The van der Waals surface area contributed by atoms with E-state index in [0.717, 1.165) is 44.1 Å². The zero-order chi connectivity index (χ0) is 22.2. The lowest BCUT2D eigenvalue weighted by molar-refractivity contribution is -0.143. The SMILES string of the molecule is CC(C)=CCC/C(C)=C/CC/C(C)=C/CC/C(C)=C/C(=O)OC[C@H](O)[C@H](O)CO. The van der Waals surface area contributed by atoms with Gasteiger partial charge in [0.05, 0.1) is 6.61 Å². The van der Waals surface area contributed by atoms with E-state index in [1.54, 1.807) is 0 Å².